The van der Waals surface area contributed by atoms with E-state index in [1.54, 1.807) is 0 Å². The van der Waals surface area contributed by atoms with Crippen molar-refractivity contribution in [1.29, 1.82) is 0 Å². The molecule has 2 aliphatic heterocycles. The number of nitrogens with one attached hydrogen (secondary N) is 1. The number of anilines is 1. The van der Waals surface area contributed by atoms with E-state index in [4.69, 9.17) is 12.2 Å². The van der Waals surface area contributed by atoms with Gasteiger partial charge in [0.1, 0.15) is 0 Å². The number of amides is 1. The van der Waals surface area contributed by atoms with Crippen LogP contribution in [0.15, 0.2) is 35.7 Å². The van der Waals surface area contributed by atoms with Crippen molar-refractivity contribution < 1.29 is 9.59 Å². The molecule has 2 aromatic rings. The Morgan fingerprint density at radius 3 is 2.33 bits per heavy atom. The predicted molar refractivity (Wildman–Crippen MR) is 139 cm³/mol. The zero-order valence-corrected chi connectivity index (χ0v) is 21.2. The average Bonchev–Trinajstić information content (AvgIpc) is 3.44. The number of ketones is 1. The predicted octanol–water partition coefficient (Wildman–Crippen LogP) is 5.43. The van der Waals surface area contributed by atoms with Crippen LogP contribution >= 0.6 is 23.6 Å². The monoisotopic (exact) mass is 483 g/mol. The molecule has 0 aliphatic carbocycles. The molecule has 0 atom stereocenters. The van der Waals surface area contributed by atoms with Gasteiger partial charge in [0.25, 0.3) is 0 Å². The van der Waals surface area contributed by atoms with Gasteiger partial charge in [-0.15, -0.1) is 11.3 Å². The van der Waals surface area contributed by atoms with Crippen molar-refractivity contribution in [3.05, 3.63) is 51.7 Å². The van der Waals surface area contributed by atoms with Crippen LogP contribution in [0.3, 0.4) is 0 Å². The van der Waals surface area contributed by atoms with Crippen LogP contribution in [0.25, 0.3) is 0 Å². The number of thiophene rings is 1. The van der Waals surface area contributed by atoms with E-state index in [0.29, 0.717) is 19.3 Å². The number of aryl methyl sites for hydroxylation is 2. The Bertz CT molecular complexity index is 990. The van der Waals surface area contributed by atoms with Crippen LogP contribution in [0.4, 0.5) is 5.69 Å². The lowest BCUT2D eigenvalue weighted by Crippen LogP contribution is -2.46. The van der Waals surface area contributed by atoms with E-state index < -0.39 is 0 Å². The van der Waals surface area contributed by atoms with Crippen molar-refractivity contribution in [3.8, 4) is 0 Å². The van der Waals surface area contributed by atoms with Crippen LogP contribution in [0.5, 0.6) is 0 Å². The van der Waals surface area contributed by atoms with E-state index in [0.717, 1.165) is 61.1 Å². The molecule has 0 saturated carbocycles. The van der Waals surface area contributed by atoms with E-state index in [9.17, 15) is 9.59 Å². The van der Waals surface area contributed by atoms with Crippen molar-refractivity contribution in [2.45, 2.75) is 52.4 Å². The van der Waals surface area contributed by atoms with Gasteiger partial charge >= 0.3 is 0 Å². The lowest BCUT2D eigenvalue weighted by Gasteiger charge is -2.40. The van der Waals surface area contributed by atoms with Gasteiger partial charge in [0.2, 0.25) is 5.91 Å². The average molecular weight is 484 g/mol. The molecule has 33 heavy (non-hydrogen) atoms. The van der Waals surface area contributed by atoms with E-state index in [2.05, 4.69) is 42.3 Å². The van der Waals surface area contributed by atoms with Gasteiger partial charge in [-0.3, -0.25) is 9.59 Å². The first-order valence-electron chi connectivity index (χ1n) is 11.8. The van der Waals surface area contributed by atoms with Gasteiger partial charge in [0, 0.05) is 44.7 Å². The number of nitrogens with zero attached hydrogens (tertiary/aromatic N) is 2. The van der Waals surface area contributed by atoms with E-state index in [1.165, 1.54) is 22.5 Å². The summed E-state index contributed by atoms with van der Waals surface area (Å²) < 4.78 is 0. The highest BCUT2D eigenvalue weighted by molar-refractivity contribution is 7.80. The highest BCUT2D eigenvalue weighted by atomic mass is 32.1. The van der Waals surface area contributed by atoms with Gasteiger partial charge in [-0.2, -0.15) is 0 Å². The molecule has 3 heterocycles. The Morgan fingerprint density at radius 2 is 1.70 bits per heavy atom. The van der Waals surface area contributed by atoms with Crippen LogP contribution < -0.4 is 5.32 Å². The molecule has 0 radical (unpaired) electrons. The molecular formula is C26H33N3O2S2. The summed E-state index contributed by atoms with van der Waals surface area (Å²) in [7, 11) is 0. The second-order valence-electron chi connectivity index (χ2n) is 9.61. The minimum Gasteiger partial charge on any atom is -0.349 e. The summed E-state index contributed by atoms with van der Waals surface area (Å²) in [5.74, 6) is 0.341. The third-order valence-corrected chi connectivity index (χ3v) is 8.24. The maximum atomic E-state index is 12.7. The number of hydrogen-bond acceptors (Lipinski definition) is 4. The van der Waals surface area contributed by atoms with Gasteiger partial charge < -0.3 is 15.1 Å². The summed E-state index contributed by atoms with van der Waals surface area (Å²) in [5.41, 5.74) is 3.72. The van der Waals surface area contributed by atoms with E-state index in [1.807, 2.05) is 22.4 Å². The molecule has 1 amide bonds. The molecule has 2 saturated heterocycles. The summed E-state index contributed by atoms with van der Waals surface area (Å²) >= 11 is 7.16. The van der Waals surface area contributed by atoms with Gasteiger partial charge in [0.05, 0.1) is 4.88 Å². The second kappa shape index (κ2) is 10.3. The second-order valence-corrected chi connectivity index (χ2v) is 10.9. The number of thiocarbonyl (C=S) groups is 1. The highest BCUT2D eigenvalue weighted by Crippen LogP contribution is 2.40. The number of Topliss-reactive ketones (excluding diaryl/α,β-unsaturated/α-hetero) is 1. The summed E-state index contributed by atoms with van der Waals surface area (Å²) in [5, 5.41) is 6.11. The molecule has 176 valence electrons. The van der Waals surface area contributed by atoms with Crippen molar-refractivity contribution in [3.63, 3.8) is 0 Å². The number of carbonyl (C=O) groups is 2. The maximum absolute atomic E-state index is 12.7. The number of hydrogen-bond donors (Lipinski definition) is 1. The van der Waals surface area contributed by atoms with Crippen LogP contribution in [-0.4, -0.2) is 52.8 Å². The number of likely N-dealkylation sites (tertiary alicyclic amines) is 2. The minimum atomic E-state index is 0.147. The van der Waals surface area contributed by atoms with Crippen LogP contribution in [0, 0.1) is 19.3 Å². The Labute approximate surface area is 206 Å². The number of benzene rings is 1. The number of carbonyl (C=O) groups excluding carboxylic acids is 2. The van der Waals surface area contributed by atoms with Crippen molar-refractivity contribution in [1.82, 2.24) is 9.80 Å². The van der Waals surface area contributed by atoms with Crippen molar-refractivity contribution >= 4 is 46.0 Å². The number of piperidine rings is 1. The largest absolute Gasteiger partial charge is 0.349 e. The summed E-state index contributed by atoms with van der Waals surface area (Å²) in [6, 6.07) is 10.2. The molecule has 0 unspecified atom stereocenters. The molecule has 2 aliphatic rings. The zero-order valence-electron chi connectivity index (χ0n) is 19.6. The van der Waals surface area contributed by atoms with Crippen LogP contribution in [0.2, 0.25) is 0 Å². The van der Waals surface area contributed by atoms with Crippen LogP contribution in [0.1, 0.15) is 59.3 Å². The quantitative estimate of drug-likeness (QED) is 0.439. The fraction of sp³-hybridized carbons (Fsp3) is 0.500. The lowest BCUT2D eigenvalue weighted by atomic mass is 9.78. The topological polar surface area (TPSA) is 52.6 Å². The SMILES string of the molecule is Cc1cc(C)cc(NC(=S)N2CCC3(CCN(C(=O)CCCC(=O)c4cccs4)C3)CC2)c1. The van der Waals surface area contributed by atoms with Crippen molar-refractivity contribution in [2.75, 3.05) is 31.5 Å². The first-order valence-corrected chi connectivity index (χ1v) is 13.1. The van der Waals surface area contributed by atoms with E-state index >= 15 is 0 Å². The highest BCUT2D eigenvalue weighted by Gasteiger charge is 2.42. The molecule has 4 rings (SSSR count). The Balaban J connectivity index is 1.21. The molecule has 1 aromatic heterocycles. The van der Waals surface area contributed by atoms with Crippen LogP contribution in [-0.2, 0) is 4.79 Å². The Kier molecular flexibility index (Phi) is 7.49. The zero-order chi connectivity index (χ0) is 23.4. The molecule has 1 aromatic carbocycles. The smallest absolute Gasteiger partial charge is 0.222 e. The fourth-order valence-corrected chi connectivity index (χ4v) is 6.10. The first-order chi connectivity index (χ1) is 15.8. The third kappa shape index (κ3) is 6.01. The molecule has 0 bridgehead atoms. The molecule has 7 heteroatoms. The van der Waals surface area contributed by atoms with Gasteiger partial charge in [0.15, 0.2) is 10.9 Å². The summed E-state index contributed by atoms with van der Waals surface area (Å²) in [6.45, 7) is 7.72. The third-order valence-electron chi connectivity index (χ3n) is 6.97. The summed E-state index contributed by atoms with van der Waals surface area (Å²) in [6.07, 6.45) is 4.72. The standard InChI is InChI=1S/C26H33N3O2S2/c1-19-15-20(2)17-21(16-19)27-25(32)28-11-8-26(9-12-28)10-13-29(18-26)24(31)7-3-5-22(30)23-6-4-14-33-23/h4,6,14-17H,3,5,7-13,18H2,1-2H3,(H,27,32). The normalized spacial score (nSPS) is 17.4. The Morgan fingerprint density at radius 1 is 1.03 bits per heavy atom. The summed E-state index contributed by atoms with van der Waals surface area (Å²) in [4.78, 5) is 30.0. The maximum Gasteiger partial charge on any atom is 0.222 e. The molecule has 1 spiro atoms. The molecule has 5 nitrogen and oxygen atoms in total. The first kappa shape index (κ1) is 23.9. The Hall–Kier alpha value is -2.25. The van der Waals surface area contributed by atoms with Crippen molar-refractivity contribution in [2.24, 2.45) is 5.41 Å². The molecular weight excluding hydrogens is 450 g/mol. The van der Waals surface area contributed by atoms with Gasteiger partial charge in [-0.1, -0.05) is 12.1 Å². The van der Waals surface area contributed by atoms with Gasteiger partial charge in [-0.25, -0.2) is 0 Å². The molecule has 2 fully saturated rings. The minimum absolute atomic E-state index is 0.147. The molecule has 1 N–H and O–H groups in total. The lowest BCUT2D eigenvalue weighted by molar-refractivity contribution is -0.130. The number of rotatable bonds is 6. The van der Waals surface area contributed by atoms with E-state index in [-0.39, 0.29) is 17.1 Å². The van der Waals surface area contributed by atoms with Gasteiger partial charge in [-0.05, 0) is 91.9 Å². The fourth-order valence-electron chi connectivity index (χ4n) is 5.11.